The third kappa shape index (κ3) is 2.19. The first-order valence-electron chi connectivity index (χ1n) is 6.22. The summed E-state index contributed by atoms with van der Waals surface area (Å²) in [5.74, 6) is 1.72. The molecule has 0 atom stereocenters. The van der Waals surface area contributed by atoms with Crippen molar-refractivity contribution in [3.05, 3.63) is 35.7 Å². The van der Waals surface area contributed by atoms with Crippen molar-refractivity contribution in [2.24, 2.45) is 0 Å². The second-order valence-corrected chi connectivity index (χ2v) is 4.48. The molecule has 0 aliphatic heterocycles. The average Bonchev–Trinajstić information content (AvgIpc) is 2.86. The van der Waals surface area contributed by atoms with E-state index >= 15 is 0 Å². The van der Waals surface area contributed by atoms with E-state index in [0.29, 0.717) is 11.6 Å². The first-order valence-corrected chi connectivity index (χ1v) is 6.22. The molecule has 3 rings (SSSR count). The van der Waals surface area contributed by atoms with E-state index < -0.39 is 0 Å². The molecule has 0 amide bonds. The summed E-state index contributed by atoms with van der Waals surface area (Å²) in [6, 6.07) is 6.11. The van der Waals surface area contributed by atoms with Gasteiger partial charge in [0.05, 0.1) is 7.11 Å². The Morgan fingerprint density at radius 1 is 1.16 bits per heavy atom. The van der Waals surface area contributed by atoms with Crippen molar-refractivity contribution in [2.45, 2.75) is 19.3 Å². The van der Waals surface area contributed by atoms with E-state index in [-0.39, 0.29) is 5.82 Å². The number of hydrogen-bond donors (Lipinski definition) is 1. The van der Waals surface area contributed by atoms with Crippen LogP contribution in [0.5, 0.6) is 17.4 Å². The van der Waals surface area contributed by atoms with Crippen LogP contribution in [0.1, 0.15) is 17.5 Å². The first kappa shape index (κ1) is 11.8. The minimum absolute atomic E-state index is 0.272. The van der Waals surface area contributed by atoms with E-state index in [4.69, 9.17) is 15.2 Å². The lowest BCUT2D eigenvalue weighted by Crippen LogP contribution is -2.00. The summed E-state index contributed by atoms with van der Waals surface area (Å²) in [5, 5.41) is 0. The quantitative estimate of drug-likeness (QED) is 0.913. The number of rotatable bonds is 3. The van der Waals surface area contributed by atoms with E-state index in [1.807, 2.05) is 6.07 Å². The summed E-state index contributed by atoms with van der Waals surface area (Å²) in [7, 11) is 1.52. The molecular formula is C14H15N3O2. The fraction of sp³-hybridized carbons (Fsp3) is 0.286. The molecule has 98 valence electrons. The van der Waals surface area contributed by atoms with Crippen LogP contribution in [-0.2, 0) is 12.8 Å². The molecule has 1 heterocycles. The number of nitrogens with two attached hydrogens (primary N) is 1. The van der Waals surface area contributed by atoms with Gasteiger partial charge in [0.25, 0.3) is 5.88 Å². The zero-order chi connectivity index (χ0) is 13.2. The molecular weight excluding hydrogens is 242 g/mol. The molecule has 19 heavy (non-hydrogen) atoms. The molecule has 0 spiro atoms. The predicted octanol–water partition coefficient (Wildman–Crippen LogP) is 2.35. The summed E-state index contributed by atoms with van der Waals surface area (Å²) in [5.41, 5.74) is 8.47. The fourth-order valence-electron chi connectivity index (χ4n) is 2.36. The monoisotopic (exact) mass is 257 g/mol. The van der Waals surface area contributed by atoms with Gasteiger partial charge in [0, 0.05) is 0 Å². The number of methoxy groups -OCH3 is 1. The van der Waals surface area contributed by atoms with Crippen LogP contribution in [0.15, 0.2) is 24.5 Å². The number of hydrogen-bond acceptors (Lipinski definition) is 5. The lowest BCUT2D eigenvalue weighted by atomic mass is 10.1. The van der Waals surface area contributed by atoms with Crippen LogP contribution < -0.4 is 15.2 Å². The number of benzene rings is 1. The van der Waals surface area contributed by atoms with Crippen LogP contribution in [0.2, 0.25) is 0 Å². The van der Waals surface area contributed by atoms with Crippen molar-refractivity contribution in [3.63, 3.8) is 0 Å². The topological polar surface area (TPSA) is 70.3 Å². The van der Waals surface area contributed by atoms with Gasteiger partial charge in [-0.05, 0) is 42.5 Å². The maximum atomic E-state index is 5.75. The molecule has 0 fully saturated rings. The number of ether oxygens (including phenoxy) is 2. The van der Waals surface area contributed by atoms with Crippen LogP contribution in [-0.4, -0.2) is 17.1 Å². The van der Waals surface area contributed by atoms with Gasteiger partial charge in [-0.2, -0.15) is 4.98 Å². The van der Waals surface area contributed by atoms with E-state index in [9.17, 15) is 0 Å². The van der Waals surface area contributed by atoms with Gasteiger partial charge < -0.3 is 15.2 Å². The number of nitrogens with zero attached hydrogens (tertiary/aromatic N) is 2. The van der Waals surface area contributed by atoms with Crippen molar-refractivity contribution in [1.82, 2.24) is 9.97 Å². The fourth-order valence-corrected chi connectivity index (χ4v) is 2.36. The van der Waals surface area contributed by atoms with E-state index in [2.05, 4.69) is 22.1 Å². The highest BCUT2D eigenvalue weighted by Crippen LogP contribution is 2.34. The Labute approximate surface area is 111 Å². The maximum Gasteiger partial charge on any atom is 0.268 e. The Kier molecular flexibility index (Phi) is 2.95. The molecule has 1 aliphatic carbocycles. The van der Waals surface area contributed by atoms with Crippen molar-refractivity contribution in [3.8, 4) is 17.4 Å². The summed E-state index contributed by atoms with van der Waals surface area (Å²) < 4.78 is 10.9. The Morgan fingerprint density at radius 3 is 2.84 bits per heavy atom. The van der Waals surface area contributed by atoms with E-state index in [1.54, 1.807) is 0 Å². The van der Waals surface area contributed by atoms with Gasteiger partial charge in [-0.1, -0.05) is 6.07 Å². The molecule has 0 saturated carbocycles. The molecule has 0 unspecified atom stereocenters. The molecule has 0 saturated heterocycles. The number of anilines is 1. The SMILES string of the molecule is COc1c(N)ncnc1Oc1ccc2c(c1)CCC2. The molecule has 5 nitrogen and oxygen atoms in total. The van der Waals surface area contributed by atoms with Crippen molar-refractivity contribution < 1.29 is 9.47 Å². The number of aryl methyl sites for hydroxylation is 2. The largest absolute Gasteiger partial charge is 0.489 e. The second kappa shape index (κ2) is 4.76. The molecule has 1 aromatic carbocycles. The minimum atomic E-state index is 0.272. The van der Waals surface area contributed by atoms with Crippen LogP contribution in [0.3, 0.4) is 0 Å². The van der Waals surface area contributed by atoms with Crippen LogP contribution in [0.4, 0.5) is 5.82 Å². The molecule has 0 bridgehead atoms. The lowest BCUT2D eigenvalue weighted by molar-refractivity contribution is 0.369. The van der Waals surface area contributed by atoms with Gasteiger partial charge in [-0.25, -0.2) is 4.98 Å². The number of nitrogen functional groups attached to an aromatic ring is 1. The van der Waals surface area contributed by atoms with Gasteiger partial charge in [0.1, 0.15) is 12.1 Å². The molecule has 1 aliphatic rings. The summed E-state index contributed by atoms with van der Waals surface area (Å²) >= 11 is 0. The summed E-state index contributed by atoms with van der Waals surface area (Å²) in [6.07, 6.45) is 4.83. The predicted molar refractivity (Wildman–Crippen MR) is 71.5 cm³/mol. The van der Waals surface area contributed by atoms with Gasteiger partial charge in [-0.3, -0.25) is 0 Å². The third-order valence-corrected chi connectivity index (χ3v) is 3.29. The molecule has 1 aromatic heterocycles. The summed E-state index contributed by atoms with van der Waals surface area (Å²) in [4.78, 5) is 7.93. The molecule has 0 radical (unpaired) electrons. The van der Waals surface area contributed by atoms with Crippen LogP contribution in [0, 0.1) is 0 Å². The Bertz CT molecular complexity index is 614. The lowest BCUT2D eigenvalue weighted by Gasteiger charge is -2.10. The van der Waals surface area contributed by atoms with Crippen LogP contribution >= 0.6 is 0 Å². The zero-order valence-electron chi connectivity index (χ0n) is 10.7. The van der Waals surface area contributed by atoms with Crippen molar-refractivity contribution >= 4 is 5.82 Å². The standard InChI is InChI=1S/C14H15N3O2/c1-18-12-13(15)16-8-17-14(12)19-11-6-5-9-3-2-4-10(9)7-11/h5-8H,2-4H2,1H3,(H2,15,16,17). The minimum Gasteiger partial charge on any atom is -0.489 e. The molecule has 5 heteroatoms. The maximum absolute atomic E-state index is 5.75. The van der Waals surface area contributed by atoms with Gasteiger partial charge in [0.2, 0.25) is 5.75 Å². The average molecular weight is 257 g/mol. The normalized spacial score (nSPS) is 13.1. The van der Waals surface area contributed by atoms with Gasteiger partial charge in [-0.15, -0.1) is 0 Å². The smallest absolute Gasteiger partial charge is 0.268 e. The highest BCUT2D eigenvalue weighted by molar-refractivity contribution is 5.52. The number of aromatic nitrogens is 2. The highest BCUT2D eigenvalue weighted by Gasteiger charge is 2.15. The summed E-state index contributed by atoms with van der Waals surface area (Å²) in [6.45, 7) is 0. The van der Waals surface area contributed by atoms with Gasteiger partial charge in [0.15, 0.2) is 5.82 Å². The second-order valence-electron chi connectivity index (χ2n) is 4.48. The zero-order valence-corrected chi connectivity index (χ0v) is 10.7. The van der Waals surface area contributed by atoms with Crippen molar-refractivity contribution in [2.75, 3.05) is 12.8 Å². The molecule has 2 N–H and O–H groups in total. The van der Waals surface area contributed by atoms with E-state index in [0.717, 1.165) is 18.6 Å². The Hall–Kier alpha value is -2.30. The van der Waals surface area contributed by atoms with Crippen molar-refractivity contribution in [1.29, 1.82) is 0 Å². The van der Waals surface area contributed by atoms with Crippen LogP contribution in [0.25, 0.3) is 0 Å². The third-order valence-electron chi connectivity index (χ3n) is 3.29. The highest BCUT2D eigenvalue weighted by atomic mass is 16.5. The van der Waals surface area contributed by atoms with E-state index in [1.165, 1.54) is 31.0 Å². The first-order chi connectivity index (χ1) is 9.28. The molecule has 2 aromatic rings. The Balaban J connectivity index is 1.91. The number of fused-ring (bicyclic) bond motifs is 1. The Morgan fingerprint density at radius 2 is 2.00 bits per heavy atom. The van der Waals surface area contributed by atoms with Gasteiger partial charge >= 0.3 is 0 Å².